The van der Waals surface area contributed by atoms with Crippen LogP contribution in [0.4, 0.5) is 0 Å². The zero-order valence-electron chi connectivity index (χ0n) is 10.7. The summed E-state index contributed by atoms with van der Waals surface area (Å²) in [7, 11) is 0. The lowest BCUT2D eigenvalue weighted by atomic mass is 9.93. The van der Waals surface area contributed by atoms with E-state index in [-0.39, 0.29) is 5.57 Å². The van der Waals surface area contributed by atoms with Gasteiger partial charge in [0.15, 0.2) is 0 Å². The molecule has 1 spiro atoms. The standard InChI is InChI=1S/C14H13BrO5/c15-10-4-7-18-11(10)8-9-12(16)19-14(20-13(9)17)5-2-1-3-6-14/h4,7-8H,1-3,5-6H2. The van der Waals surface area contributed by atoms with Gasteiger partial charge in [-0.25, -0.2) is 9.59 Å². The molecular weight excluding hydrogens is 328 g/mol. The van der Waals surface area contributed by atoms with Crippen molar-refractivity contribution in [3.8, 4) is 0 Å². The molecule has 1 aliphatic heterocycles. The van der Waals surface area contributed by atoms with Crippen molar-refractivity contribution < 1.29 is 23.5 Å². The molecule has 6 heteroatoms. The van der Waals surface area contributed by atoms with E-state index in [1.807, 2.05) is 0 Å². The molecule has 0 bridgehead atoms. The van der Waals surface area contributed by atoms with E-state index in [1.54, 1.807) is 6.07 Å². The van der Waals surface area contributed by atoms with Gasteiger partial charge in [-0.05, 0) is 34.8 Å². The molecule has 1 aromatic rings. The monoisotopic (exact) mass is 340 g/mol. The number of ether oxygens (including phenoxy) is 2. The first-order valence-corrected chi connectivity index (χ1v) is 7.30. The van der Waals surface area contributed by atoms with Gasteiger partial charge in [0.1, 0.15) is 11.3 Å². The Balaban J connectivity index is 1.86. The third-order valence-corrected chi connectivity index (χ3v) is 4.19. The highest BCUT2D eigenvalue weighted by atomic mass is 79.9. The van der Waals surface area contributed by atoms with E-state index in [1.165, 1.54) is 12.3 Å². The van der Waals surface area contributed by atoms with Crippen molar-refractivity contribution in [1.29, 1.82) is 0 Å². The summed E-state index contributed by atoms with van der Waals surface area (Å²) >= 11 is 3.26. The number of hydrogen-bond donors (Lipinski definition) is 0. The Morgan fingerprint density at radius 2 is 1.75 bits per heavy atom. The van der Waals surface area contributed by atoms with Crippen LogP contribution >= 0.6 is 15.9 Å². The van der Waals surface area contributed by atoms with Gasteiger partial charge in [-0.15, -0.1) is 0 Å². The number of hydrogen-bond acceptors (Lipinski definition) is 5. The van der Waals surface area contributed by atoms with Crippen LogP contribution in [0.3, 0.4) is 0 Å². The first kappa shape index (κ1) is 13.4. The van der Waals surface area contributed by atoms with Crippen molar-refractivity contribution in [1.82, 2.24) is 0 Å². The zero-order valence-corrected chi connectivity index (χ0v) is 12.3. The molecule has 0 radical (unpaired) electrons. The second-order valence-corrected chi connectivity index (χ2v) is 5.80. The van der Waals surface area contributed by atoms with Crippen molar-refractivity contribution in [2.45, 2.75) is 37.9 Å². The Kier molecular flexibility index (Phi) is 3.41. The molecule has 2 heterocycles. The van der Waals surface area contributed by atoms with E-state index >= 15 is 0 Å². The summed E-state index contributed by atoms with van der Waals surface area (Å²) in [5.41, 5.74) is -0.142. The average molecular weight is 341 g/mol. The molecule has 20 heavy (non-hydrogen) atoms. The second kappa shape index (κ2) is 5.09. The summed E-state index contributed by atoms with van der Waals surface area (Å²) < 4.78 is 16.6. The predicted molar refractivity (Wildman–Crippen MR) is 72.4 cm³/mol. The molecule has 2 aliphatic rings. The molecule has 106 valence electrons. The van der Waals surface area contributed by atoms with E-state index in [9.17, 15) is 9.59 Å². The minimum absolute atomic E-state index is 0.142. The lowest BCUT2D eigenvalue weighted by Crippen LogP contribution is -2.47. The quantitative estimate of drug-likeness (QED) is 0.446. The van der Waals surface area contributed by atoms with E-state index in [4.69, 9.17) is 13.9 Å². The van der Waals surface area contributed by atoms with Gasteiger partial charge in [-0.1, -0.05) is 6.42 Å². The third-order valence-electron chi connectivity index (χ3n) is 3.53. The SMILES string of the molecule is O=C1OC2(CCCCC2)OC(=O)C1=Cc1occc1Br. The molecule has 0 amide bonds. The molecule has 0 aromatic carbocycles. The molecule has 0 unspecified atom stereocenters. The van der Waals surface area contributed by atoms with Crippen LogP contribution in [0, 0.1) is 0 Å². The maximum Gasteiger partial charge on any atom is 0.349 e. The minimum atomic E-state index is -1.05. The van der Waals surface area contributed by atoms with Crippen LogP contribution < -0.4 is 0 Å². The molecule has 0 N–H and O–H groups in total. The molecule has 3 rings (SSSR count). The van der Waals surface area contributed by atoms with Crippen LogP contribution in [0.1, 0.15) is 37.9 Å². The Morgan fingerprint density at radius 3 is 2.30 bits per heavy atom. The second-order valence-electron chi connectivity index (χ2n) is 4.94. The van der Waals surface area contributed by atoms with Gasteiger partial charge in [0, 0.05) is 18.9 Å². The summed E-state index contributed by atoms with van der Waals surface area (Å²) in [5.74, 6) is -1.96. The largest absolute Gasteiger partial charge is 0.464 e. The smallest absolute Gasteiger partial charge is 0.349 e. The van der Waals surface area contributed by atoms with Crippen molar-refractivity contribution >= 4 is 33.9 Å². The average Bonchev–Trinajstić information content (AvgIpc) is 2.80. The van der Waals surface area contributed by atoms with Gasteiger partial charge in [-0.3, -0.25) is 0 Å². The van der Waals surface area contributed by atoms with Crippen LogP contribution in [0.25, 0.3) is 6.08 Å². The van der Waals surface area contributed by atoms with E-state index in [0.717, 1.165) is 19.3 Å². The highest BCUT2D eigenvalue weighted by Crippen LogP contribution is 2.37. The Morgan fingerprint density at radius 1 is 1.10 bits per heavy atom. The Labute approximate surface area is 124 Å². The highest BCUT2D eigenvalue weighted by Gasteiger charge is 2.46. The van der Waals surface area contributed by atoms with Gasteiger partial charge >= 0.3 is 11.9 Å². The number of carbonyl (C=O) groups is 2. The van der Waals surface area contributed by atoms with Gasteiger partial charge in [0.05, 0.1) is 10.7 Å². The van der Waals surface area contributed by atoms with E-state index < -0.39 is 17.7 Å². The van der Waals surface area contributed by atoms with Gasteiger partial charge < -0.3 is 13.9 Å². The number of furan rings is 1. The van der Waals surface area contributed by atoms with Gasteiger partial charge in [0.2, 0.25) is 0 Å². The highest BCUT2D eigenvalue weighted by molar-refractivity contribution is 9.10. The number of esters is 2. The summed E-state index contributed by atoms with van der Waals surface area (Å²) in [6.45, 7) is 0. The third kappa shape index (κ3) is 2.40. The molecule has 1 aromatic heterocycles. The molecule has 1 saturated heterocycles. The van der Waals surface area contributed by atoms with Crippen molar-refractivity contribution in [2.75, 3.05) is 0 Å². The fourth-order valence-corrected chi connectivity index (χ4v) is 2.82. The van der Waals surface area contributed by atoms with Crippen molar-refractivity contribution in [2.24, 2.45) is 0 Å². The zero-order chi connectivity index (χ0) is 14.2. The van der Waals surface area contributed by atoms with Crippen LogP contribution in [0.15, 0.2) is 26.8 Å². The van der Waals surface area contributed by atoms with E-state index in [2.05, 4.69) is 15.9 Å². The topological polar surface area (TPSA) is 65.7 Å². The molecule has 0 atom stereocenters. The molecule has 2 fully saturated rings. The van der Waals surface area contributed by atoms with Crippen molar-refractivity contribution in [3.05, 3.63) is 28.1 Å². The molecule has 1 saturated carbocycles. The van der Waals surface area contributed by atoms with Gasteiger partial charge in [0.25, 0.3) is 5.79 Å². The summed E-state index contributed by atoms with van der Waals surface area (Å²) in [6.07, 6.45) is 6.79. The fraction of sp³-hybridized carbons (Fsp3) is 0.429. The summed E-state index contributed by atoms with van der Waals surface area (Å²) in [4.78, 5) is 24.1. The predicted octanol–water partition coefficient (Wildman–Crippen LogP) is 3.19. The number of carbonyl (C=O) groups excluding carboxylic acids is 2. The van der Waals surface area contributed by atoms with Crippen LogP contribution in [0.2, 0.25) is 0 Å². The maximum absolute atomic E-state index is 12.1. The van der Waals surface area contributed by atoms with Gasteiger partial charge in [-0.2, -0.15) is 0 Å². The number of rotatable bonds is 1. The minimum Gasteiger partial charge on any atom is -0.464 e. The maximum atomic E-state index is 12.1. The van der Waals surface area contributed by atoms with Crippen molar-refractivity contribution in [3.63, 3.8) is 0 Å². The first-order chi connectivity index (χ1) is 9.60. The molecule has 1 aliphatic carbocycles. The van der Waals surface area contributed by atoms with Crippen LogP contribution in [0.5, 0.6) is 0 Å². The lowest BCUT2D eigenvalue weighted by Gasteiger charge is -2.38. The van der Waals surface area contributed by atoms with Crippen LogP contribution in [-0.2, 0) is 19.1 Å². The number of halogens is 1. The Bertz CT molecular complexity index is 558. The Hall–Kier alpha value is -1.56. The first-order valence-electron chi connectivity index (χ1n) is 6.51. The summed E-state index contributed by atoms with van der Waals surface area (Å²) in [5, 5.41) is 0. The van der Waals surface area contributed by atoms with E-state index in [0.29, 0.717) is 23.1 Å². The summed E-state index contributed by atoms with van der Waals surface area (Å²) in [6, 6.07) is 1.68. The van der Waals surface area contributed by atoms with Crippen LogP contribution in [-0.4, -0.2) is 17.7 Å². The normalized spacial score (nSPS) is 21.6. The fourth-order valence-electron chi connectivity index (χ4n) is 2.50. The molecule has 5 nitrogen and oxygen atoms in total. The molecular formula is C14H13BrO5. The lowest BCUT2D eigenvalue weighted by molar-refractivity contribution is -0.244.